The van der Waals surface area contributed by atoms with Gasteiger partial charge in [0.15, 0.2) is 11.5 Å². The van der Waals surface area contributed by atoms with Gasteiger partial charge in [-0.1, -0.05) is 0 Å². The number of rotatable bonds is 6. The standard InChI is InChI=1S/C16H21NO8/c1-8(20)17-13-15(22)14(21)12(7-19)25-16(13)24-10-4-3-9(6-18)5-11(10)23-2/h3-6,12-16,19,21-22H,7H2,1-2H3,(H,17,20)/t12-,13-,14-,15-,16-/m0/s1. The monoisotopic (exact) mass is 355 g/mol. The molecule has 25 heavy (non-hydrogen) atoms. The van der Waals surface area contributed by atoms with Gasteiger partial charge in [-0.3, -0.25) is 9.59 Å². The van der Waals surface area contributed by atoms with E-state index in [2.05, 4.69) is 5.32 Å². The van der Waals surface area contributed by atoms with Crippen LogP contribution in [0.1, 0.15) is 17.3 Å². The number of aliphatic hydroxyl groups is 3. The molecule has 0 aromatic heterocycles. The van der Waals surface area contributed by atoms with Crippen LogP contribution in [0.5, 0.6) is 11.5 Å². The zero-order valence-corrected chi connectivity index (χ0v) is 13.8. The Hall–Kier alpha value is -2.20. The molecule has 1 amide bonds. The second-order valence-electron chi connectivity index (χ2n) is 5.58. The summed E-state index contributed by atoms with van der Waals surface area (Å²) < 4.78 is 16.3. The van der Waals surface area contributed by atoms with Gasteiger partial charge >= 0.3 is 0 Å². The first kappa shape index (κ1) is 19.1. The van der Waals surface area contributed by atoms with Crippen LogP contribution in [-0.4, -0.2) is 71.9 Å². The van der Waals surface area contributed by atoms with E-state index in [0.717, 1.165) is 0 Å². The van der Waals surface area contributed by atoms with Crippen LogP contribution in [0.3, 0.4) is 0 Å². The van der Waals surface area contributed by atoms with Gasteiger partial charge in [0.2, 0.25) is 12.2 Å². The number of benzene rings is 1. The fraction of sp³-hybridized carbons (Fsp3) is 0.500. The van der Waals surface area contributed by atoms with E-state index in [-0.39, 0.29) is 11.5 Å². The Morgan fingerprint density at radius 2 is 2.04 bits per heavy atom. The number of aldehydes is 1. The van der Waals surface area contributed by atoms with Gasteiger partial charge in [0.25, 0.3) is 0 Å². The lowest BCUT2D eigenvalue weighted by Gasteiger charge is -2.42. The van der Waals surface area contributed by atoms with E-state index < -0.39 is 43.2 Å². The second kappa shape index (κ2) is 8.26. The van der Waals surface area contributed by atoms with Crippen molar-refractivity contribution in [3.63, 3.8) is 0 Å². The summed E-state index contributed by atoms with van der Waals surface area (Å²) in [5, 5.41) is 32.0. The Morgan fingerprint density at radius 3 is 2.60 bits per heavy atom. The van der Waals surface area contributed by atoms with E-state index in [1.54, 1.807) is 0 Å². The van der Waals surface area contributed by atoms with Crippen molar-refractivity contribution in [2.75, 3.05) is 13.7 Å². The summed E-state index contributed by atoms with van der Waals surface area (Å²) in [5.41, 5.74) is 0.371. The van der Waals surface area contributed by atoms with Gasteiger partial charge in [0.1, 0.15) is 30.6 Å². The highest BCUT2D eigenvalue weighted by molar-refractivity contribution is 5.76. The Bertz CT molecular complexity index is 622. The highest BCUT2D eigenvalue weighted by Gasteiger charge is 2.46. The maximum absolute atomic E-state index is 11.4. The van der Waals surface area contributed by atoms with E-state index in [1.165, 1.54) is 32.2 Å². The molecule has 0 spiro atoms. The number of hydrogen-bond donors (Lipinski definition) is 4. The number of nitrogens with one attached hydrogen (secondary N) is 1. The van der Waals surface area contributed by atoms with Crippen LogP contribution in [0.2, 0.25) is 0 Å². The molecule has 0 aliphatic carbocycles. The minimum Gasteiger partial charge on any atom is -0.493 e. The molecule has 1 fully saturated rings. The first-order chi connectivity index (χ1) is 11.9. The van der Waals surface area contributed by atoms with E-state index in [0.29, 0.717) is 11.8 Å². The lowest BCUT2D eigenvalue weighted by Crippen LogP contribution is -2.65. The Labute approximate surface area is 144 Å². The number of carbonyl (C=O) groups is 2. The summed E-state index contributed by atoms with van der Waals surface area (Å²) in [6, 6.07) is 3.34. The molecule has 1 aliphatic rings. The van der Waals surface area contributed by atoms with Crippen molar-refractivity contribution in [3.05, 3.63) is 23.8 Å². The normalized spacial score (nSPS) is 28.9. The zero-order chi connectivity index (χ0) is 18.6. The largest absolute Gasteiger partial charge is 0.493 e. The first-order valence-corrected chi connectivity index (χ1v) is 7.60. The van der Waals surface area contributed by atoms with Crippen LogP contribution in [0.25, 0.3) is 0 Å². The maximum Gasteiger partial charge on any atom is 0.223 e. The molecule has 0 radical (unpaired) electrons. The molecule has 5 atom stereocenters. The van der Waals surface area contributed by atoms with Gasteiger partial charge < -0.3 is 34.8 Å². The lowest BCUT2D eigenvalue weighted by atomic mass is 9.97. The van der Waals surface area contributed by atoms with Crippen molar-refractivity contribution >= 4 is 12.2 Å². The highest BCUT2D eigenvalue weighted by atomic mass is 16.7. The average molecular weight is 355 g/mol. The fourth-order valence-corrected chi connectivity index (χ4v) is 2.55. The van der Waals surface area contributed by atoms with Crippen molar-refractivity contribution in [2.24, 2.45) is 0 Å². The Morgan fingerprint density at radius 1 is 1.32 bits per heavy atom. The van der Waals surface area contributed by atoms with Crippen LogP contribution in [0, 0.1) is 0 Å². The number of methoxy groups -OCH3 is 1. The lowest BCUT2D eigenvalue weighted by molar-refractivity contribution is -0.244. The average Bonchev–Trinajstić information content (AvgIpc) is 2.61. The minimum atomic E-state index is -1.42. The van der Waals surface area contributed by atoms with E-state index >= 15 is 0 Å². The summed E-state index contributed by atoms with van der Waals surface area (Å²) in [5.74, 6) is -0.0103. The molecule has 1 aromatic rings. The van der Waals surface area contributed by atoms with Gasteiger partial charge in [-0.2, -0.15) is 0 Å². The van der Waals surface area contributed by atoms with Crippen LogP contribution < -0.4 is 14.8 Å². The molecule has 2 rings (SSSR count). The molecule has 4 N–H and O–H groups in total. The van der Waals surface area contributed by atoms with Gasteiger partial charge in [-0.15, -0.1) is 0 Å². The number of amides is 1. The number of carbonyl (C=O) groups excluding carboxylic acids is 2. The third-order valence-electron chi connectivity index (χ3n) is 3.82. The zero-order valence-electron chi connectivity index (χ0n) is 13.8. The molecule has 138 valence electrons. The molecule has 1 aliphatic heterocycles. The molecular formula is C16H21NO8. The predicted octanol–water partition coefficient (Wildman–Crippen LogP) is -1.17. The summed E-state index contributed by atoms with van der Waals surface area (Å²) >= 11 is 0. The molecule has 1 saturated heterocycles. The third-order valence-corrected chi connectivity index (χ3v) is 3.82. The SMILES string of the molecule is COc1cc(C=O)ccc1O[C@H]1O[C@@H](CO)[C@H](O)[C@@H](O)[C@@H]1NC(C)=O. The number of aliphatic hydroxyl groups excluding tert-OH is 3. The minimum absolute atomic E-state index is 0.203. The van der Waals surface area contributed by atoms with E-state index in [1.807, 2.05) is 0 Å². The van der Waals surface area contributed by atoms with Crippen molar-refractivity contribution in [2.45, 2.75) is 37.6 Å². The van der Waals surface area contributed by atoms with E-state index in [9.17, 15) is 24.9 Å². The van der Waals surface area contributed by atoms with Crippen LogP contribution in [0.4, 0.5) is 0 Å². The Balaban J connectivity index is 2.29. The smallest absolute Gasteiger partial charge is 0.223 e. The predicted molar refractivity (Wildman–Crippen MR) is 84.4 cm³/mol. The van der Waals surface area contributed by atoms with Gasteiger partial charge in [-0.05, 0) is 18.2 Å². The quantitative estimate of drug-likeness (QED) is 0.469. The van der Waals surface area contributed by atoms with Crippen LogP contribution >= 0.6 is 0 Å². The van der Waals surface area contributed by atoms with Crippen molar-refractivity contribution in [1.82, 2.24) is 5.32 Å². The fourth-order valence-electron chi connectivity index (χ4n) is 2.55. The summed E-state index contributed by atoms with van der Waals surface area (Å²) in [6.45, 7) is 0.694. The Kier molecular flexibility index (Phi) is 6.32. The number of ether oxygens (including phenoxy) is 3. The van der Waals surface area contributed by atoms with Gasteiger partial charge in [0.05, 0.1) is 13.7 Å². The van der Waals surface area contributed by atoms with Gasteiger partial charge in [0, 0.05) is 12.5 Å². The van der Waals surface area contributed by atoms with Crippen LogP contribution in [-0.2, 0) is 9.53 Å². The van der Waals surface area contributed by atoms with Crippen molar-refractivity contribution in [3.8, 4) is 11.5 Å². The summed E-state index contributed by atoms with van der Waals surface area (Å²) in [7, 11) is 1.39. The van der Waals surface area contributed by atoms with Crippen LogP contribution in [0.15, 0.2) is 18.2 Å². The summed E-state index contributed by atoms with van der Waals surface area (Å²) in [6.07, 6.45) is -4.47. The molecule has 0 bridgehead atoms. The van der Waals surface area contributed by atoms with Gasteiger partial charge in [-0.25, -0.2) is 0 Å². The maximum atomic E-state index is 11.4. The highest BCUT2D eigenvalue weighted by Crippen LogP contribution is 2.31. The van der Waals surface area contributed by atoms with E-state index in [4.69, 9.17) is 14.2 Å². The molecule has 1 aromatic carbocycles. The third kappa shape index (κ3) is 4.26. The molecule has 9 heteroatoms. The van der Waals surface area contributed by atoms with Crippen molar-refractivity contribution < 1.29 is 39.1 Å². The topological polar surface area (TPSA) is 135 Å². The number of hydrogen-bond acceptors (Lipinski definition) is 8. The second-order valence-corrected chi connectivity index (χ2v) is 5.58. The molecule has 1 heterocycles. The first-order valence-electron chi connectivity index (χ1n) is 7.60. The summed E-state index contributed by atoms with van der Waals surface area (Å²) in [4.78, 5) is 22.2. The molecule has 0 unspecified atom stereocenters. The molecular weight excluding hydrogens is 334 g/mol. The molecule has 0 saturated carbocycles. The molecule has 9 nitrogen and oxygen atoms in total. The van der Waals surface area contributed by atoms with Crippen molar-refractivity contribution in [1.29, 1.82) is 0 Å².